The Hall–Kier alpha value is 0.196. The van der Waals surface area contributed by atoms with Crippen LogP contribution in [-0.2, 0) is 9.53 Å². The molecule has 4 heteroatoms. The molecule has 0 aromatic heterocycles. The van der Waals surface area contributed by atoms with E-state index in [1.165, 1.54) is 96.8 Å². The summed E-state index contributed by atoms with van der Waals surface area (Å²) in [4.78, 5) is 10.7. The number of carbonyl (C=O) groups is 1. The van der Waals surface area contributed by atoms with Crippen molar-refractivity contribution in [2.24, 2.45) is 5.73 Å². The van der Waals surface area contributed by atoms with E-state index in [0.29, 0.717) is 0 Å². The average molecular weight is 354 g/mol. The molecule has 0 amide bonds. The Morgan fingerprint density at radius 2 is 1.12 bits per heavy atom. The summed E-state index contributed by atoms with van der Waals surface area (Å²) in [6, 6.07) is 0. The number of rotatable bonds is 17. The zero-order valence-electron chi connectivity index (χ0n) is 18.5. The molecule has 0 heterocycles. The number of hydrogen-bond donors (Lipinski definition) is 1. The summed E-state index contributed by atoms with van der Waals surface area (Å²) in [5.74, 6) is -0.279. The molecule has 24 heavy (non-hydrogen) atoms. The second kappa shape index (κ2) is 21.2. The van der Waals surface area contributed by atoms with E-state index >= 15 is 0 Å². The quantitative estimate of drug-likeness (QED) is 0.152. The van der Waals surface area contributed by atoms with E-state index in [-0.39, 0.29) is 31.9 Å². The van der Waals surface area contributed by atoms with E-state index in [4.69, 9.17) is 10.5 Å². The fraction of sp³-hybridized carbons (Fsp3) is 0.950. The van der Waals surface area contributed by atoms with Gasteiger partial charge in [-0.1, -0.05) is 96.8 Å². The van der Waals surface area contributed by atoms with E-state index in [9.17, 15) is 4.79 Å². The summed E-state index contributed by atoms with van der Waals surface area (Å²) in [6.45, 7) is 3.68. The van der Waals surface area contributed by atoms with Crippen molar-refractivity contribution in [1.29, 1.82) is 0 Å². The van der Waals surface area contributed by atoms with E-state index in [2.05, 4.69) is 6.92 Å². The molecule has 0 aromatic carbocycles. The Morgan fingerprint density at radius 3 is 1.46 bits per heavy atom. The molecule has 3 nitrogen and oxygen atoms in total. The van der Waals surface area contributed by atoms with Gasteiger partial charge in [0, 0.05) is 6.92 Å². The molecular weight excluding hydrogens is 311 g/mol. The third kappa shape index (κ3) is 22.2. The van der Waals surface area contributed by atoms with Crippen LogP contribution in [0.3, 0.4) is 0 Å². The molecule has 0 aromatic rings. The molecule has 1 atom stereocenters. The monoisotopic (exact) mass is 353 g/mol. The SMILES string of the molecule is CCCCCCCCCCCCCCCCCC(N)OC(C)=O.[H-].[H-].[Mg+2]. The van der Waals surface area contributed by atoms with Gasteiger partial charge < -0.3 is 7.59 Å². The second-order valence-electron chi connectivity index (χ2n) is 6.89. The zero-order chi connectivity index (χ0) is 17.2. The second-order valence-corrected chi connectivity index (χ2v) is 6.89. The topological polar surface area (TPSA) is 52.3 Å². The molecule has 0 saturated carbocycles. The fourth-order valence-electron chi connectivity index (χ4n) is 2.99. The summed E-state index contributed by atoms with van der Waals surface area (Å²) >= 11 is 0. The Morgan fingerprint density at radius 1 is 0.792 bits per heavy atom. The van der Waals surface area contributed by atoms with Crippen molar-refractivity contribution in [3.63, 3.8) is 0 Å². The van der Waals surface area contributed by atoms with Gasteiger partial charge in [-0.2, -0.15) is 0 Å². The third-order valence-electron chi connectivity index (χ3n) is 4.41. The van der Waals surface area contributed by atoms with Crippen molar-refractivity contribution >= 4 is 29.0 Å². The molecule has 0 fully saturated rings. The molecule has 1 unspecified atom stereocenters. The Labute approximate surface area is 170 Å². The van der Waals surface area contributed by atoms with Crippen LogP contribution in [-0.4, -0.2) is 35.2 Å². The zero-order valence-corrected chi connectivity index (χ0v) is 17.9. The molecule has 0 aliphatic heterocycles. The first kappa shape index (κ1) is 26.4. The first-order valence-electron chi connectivity index (χ1n) is 10.1. The Balaban J connectivity index is -0.000000807. The Bertz CT molecular complexity index is 272. The number of hydrogen-bond acceptors (Lipinski definition) is 3. The van der Waals surface area contributed by atoms with Crippen molar-refractivity contribution in [3.05, 3.63) is 0 Å². The first-order valence-corrected chi connectivity index (χ1v) is 10.1. The number of esters is 1. The maximum atomic E-state index is 10.7. The molecular formula is C20H43MgNO2. The van der Waals surface area contributed by atoms with Gasteiger partial charge in [0.05, 0.1) is 0 Å². The minimum Gasteiger partial charge on any atom is -1.00 e. The molecule has 0 aliphatic rings. The maximum Gasteiger partial charge on any atom is 2.00 e. The van der Waals surface area contributed by atoms with Gasteiger partial charge in [-0.05, 0) is 12.8 Å². The Kier molecular flexibility index (Phi) is 23.4. The van der Waals surface area contributed by atoms with Crippen LogP contribution in [0.2, 0.25) is 0 Å². The smallest absolute Gasteiger partial charge is 1.00 e. The maximum absolute atomic E-state index is 10.7. The van der Waals surface area contributed by atoms with Gasteiger partial charge in [0.15, 0.2) is 6.23 Å². The van der Waals surface area contributed by atoms with Gasteiger partial charge in [0.1, 0.15) is 0 Å². The van der Waals surface area contributed by atoms with E-state index < -0.39 is 6.23 Å². The van der Waals surface area contributed by atoms with Gasteiger partial charge in [-0.15, -0.1) is 0 Å². The number of carbonyl (C=O) groups excluding carboxylic acids is 1. The summed E-state index contributed by atoms with van der Waals surface area (Å²) in [6.07, 6.45) is 20.8. The van der Waals surface area contributed by atoms with Gasteiger partial charge in [0.25, 0.3) is 0 Å². The average Bonchev–Trinajstić information content (AvgIpc) is 2.50. The van der Waals surface area contributed by atoms with Crippen molar-refractivity contribution in [2.45, 2.75) is 123 Å². The van der Waals surface area contributed by atoms with Crippen LogP contribution < -0.4 is 5.73 Å². The molecule has 0 aliphatic carbocycles. The summed E-state index contributed by atoms with van der Waals surface area (Å²) in [7, 11) is 0. The predicted molar refractivity (Wildman–Crippen MR) is 107 cm³/mol. The number of nitrogens with two attached hydrogens (primary N) is 1. The van der Waals surface area contributed by atoms with E-state index in [1.54, 1.807) is 0 Å². The van der Waals surface area contributed by atoms with Crippen LogP contribution in [0.25, 0.3) is 0 Å². The van der Waals surface area contributed by atoms with Gasteiger partial charge in [-0.3, -0.25) is 10.5 Å². The van der Waals surface area contributed by atoms with Crippen LogP contribution >= 0.6 is 0 Å². The van der Waals surface area contributed by atoms with Gasteiger partial charge in [-0.25, -0.2) is 0 Å². The minimum absolute atomic E-state index is 0. The van der Waals surface area contributed by atoms with E-state index in [1.807, 2.05) is 0 Å². The third-order valence-corrected chi connectivity index (χ3v) is 4.41. The summed E-state index contributed by atoms with van der Waals surface area (Å²) in [5, 5.41) is 0. The molecule has 0 rings (SSSR count). The molecule has 0 bridgehead atoms. The van der Waals surface area contributed by atoms with Crippen LogP contribution in [0.1, 0.15) is 119 Å². The van der Waals surface area contributed by atoms with Gasteiger partial charge in [0.2, 0.25) is 0 Å². The molecule has 0 spiro atoms. The van der Waals surface area contributed by atoms with E-state index in [0.717, 1.165) is 12.8 Å². The van der Waals surface area contributed by atoms with Gasteiger partial charge >= 0.3 is 29.0 Å². The van der Waals surface area contributed by atoms with Crippen molar-refractivity contribution in [2.75, 3.05) is 0 Å². The molecule has 0 radical (unpaired) electrons. The van der Waals surface area contributed by atoms with Crippen LogP contribution in [0.15, 0.2) is 0 Å². The normalized spacial score (nSPS) is 11.8. The summed E-state index contributed by atoms with van der Waals surface area (Å²) in [5.41, 5.74) is 5.69. The molecule has 142 valence electrons. The fourth-order valence-corrected chi connectivity index (χ4v) is 2.99. The summed E-state index contributed by atoms with van der Waals surface area (Å²) < 4.78 is 4.91. The first-order chi connectivity index (χ1) is 11.2. The van der Waals surface area contributed by atoms with Crippen molar-refractivity contribution in [1.82, 2.24) is 0 Å². The van der Waals surface area contributed by atoms with Crippen molar-refractivity contribution in [3.8, 4) is 0 Å². The predicted octanol–water partition coefficient (Wildman–Crippen LogP) is 5.94. The number of ether oxygens (including phenoxy) is 1. The van der Waals surface area contributed by atoms with Crippen LogP contribution in [0.5, 0.6) is 0 Å². The molecule has 2 N–H and O–H groups in total. The van der Waals surface area contributed by atoms with Crippen molar-refractivity contribution < 1.29 is 12.4 Å². The standard InChI is InChI=1S/C20H41NO2.Mg.2H/c1-3-4-5-6-7-8-9-10-11-12-13-14-15-16-17-18-20(21)23-19(2)22;;;/h20H,3-18,21H2,1-2H3;;;/q;+2;2*-1. The van der Waals surface area contributed by atoms with Crippen LogP contribution in [0.4, 0.5) is 0 Å². The number of unbranched alkanes of at least 4 members (excludes halogenated alkanes) is 14. The molecule has 0 saturated heterocycles. The minimum atomic E-state index is -0.408. The largest absolute Gasteiger partial charge is 2.00 e. The van der Waals surface area contributed by atoms with Crippen LogP contribution in [0, 0.1) is 0 Å².